The summed E-state index contributed by atoms with van der Waals surface area (Å²) in [5.41, 5.74) is 1.32. The molecule has 0 radical (unpaired) electrons. The predicted molar refractivity (Wildman–Crippen MR) is 109 cm³/mol. The van der Waals surface area contributed by atoms with Gasteiger partial charge in [0, 0.05) is 25.7 Å². The molecular formula is C22H24N2O5. The average molecular weight is 396 g/mol. The molecule has 29 heavy (non-hydrogen) atoms. The Hall–Kier alpha value is -3.35. The molecule has 1 aliphatic rings. The number of nitrogens with zero attached hydrogens (tertiary/aromatic N) is 2. The molecule has 1 fully saturated rings. The van der Waals surface area contributed by atoms with Crippen molar-refractivity contribution < 1.29 is 23.9 Å². The molecule has 1 saturated heterocycles. The highest BCUT2D eigenvalue weighted by molar-refractivity contribution is 6.01. The van der Waals surface area contributed by atoms with Crippen LogP contribution >= 0.6 is 0 Å². The summed E-state index contributed by atoms with van der Waals surface area (Å²) in [4.78, 5) is 40.6. The molecule has 1 heterocycles. The molecule has 0 spiro atoms. The van der Waals surface area contributed by atoms with Crippen LogP contribution in [-0.4, -0.2) is 44.6 Å². The van der Waals surface area contributed by atoms with Crippen molar-refractivity contribution in [1.82, 2.24) is 0 Å². The van der Waals surface area contributed by atoms with E-state index in [-0.39, 0.29) is 24.8 Å². The number of methoxy groups -OCH3 is 1. The molecule has 2 amide bonds. The minimum Gasteiger partial charge on any atom is -0.495 e. The Balaban J connectivity index is 1.64. The zero-order valence-corrected chi connectivity index (χ0v) is 16.7. The maximum atomic E-state index is 12.6. The highest BCUT2D eigenvalue weighted by Crippen LogP contribution is 2.33. The lowest BCUT2D eigenvalue weighted by Gasteiger charge is -2.23. The molecule has 3 rings (SSSR count). The van der Waals surface area contributed by atoms with Gasteiger partial charge in [0.05, 0.1) is 18.7 Å². The molecule has 7 heteroatoms. The molecule has 0 saturated carbocycles. The summed E-state index contributed by atoms with van der Waals surface area (Å²) < 4.78 is 10.7. The van der Waals surface area contributed by atoms with Gasteiger partial charge in [-0.1, -0.05) is 30.3 Å². The highest BCUT2D eigenvalue weighted by atomic mass is 16.5. The number of carbonyl (C=O) groups is 3. The van der Waals surface area contributed by atoms with Crippen molar-refractivity contribution >= 4 is 29.2 Å². The number of benzene rings is 2. The number of rotatable bonds is 6. The van der Waals surface area contributed by atoms with Gasteiger partial charge < -0.3 is 19.3 Å². The molecule has 2 aromatic carbocycles. The molecule has 0 unspecified atom stereocenters. The van der Waals surface area contributed by atoms with E-state index in [9.17, 15) is 14.4 Å². The number of amides is 2. The van der Waals surface area contributed by atoms with E-state index in [0.29, 0.717) is 17.1 Å². The summed E-state index contributed by atoms with van der Waals surface area (Å²) >= 11 is 0. The van der Waals surface area contributed by atoms with Gasteiger partial charge in [-0.15, -0.1) is 0 Å². The smallest absolute Gasteiger partial charge is 0.312 e. The summed E-state index contributed by atoms with van der Waals surface area (Å²) in [5, 5.41) is 0. The summed E-state index contributed by atoms with van der Waals surface area (Å²) in [7, 11) is 3.16. The van der Waals surface area contributed by atoms with Crippen molar-refractivity contribution in [3.05, 3.63) is 54.6 Å². The van der Waals surface area contributed by atoms with E-state index >= 15 is 0 Å². The fourth-order valence-electron chi connectivity index (χ4n) is 3.32. The van der Waals surface area contributed by atoms with E-state index in [0.717, 1.165) is 0 Å². The van der Waals surface area contributed by atoms with Gasteiger partial charge in [-0.2, -0.15) is 0 Å². The SMILES string of the molecule is COc1ccccc1N1C[C@@H](C(=O)O[C@@H](C)C(=O)N(C)c2ccccc2)CC1=O. The van der Waals surface area contributed by atoms with E-state index in [1.807, 2.05) is 24.3 Å². The van der Waals surface area contributed by atoms with Crippen molar-refractivity contribution in [2.75, 3.05) is 30.5 Å². The van der Waals surface area contributed by atoms with E-state index in [4.69, 9.17) is 9.47 Å². The maximum Gasteiger partial charge on any atom is 0.312 e. The topological polar surface area (TPSA) is 76.2 Å². The fourth-order valence-corrected chi connectivity index (χ4v) is 3.32. The third-order valence-corrected chi connectivity index (χ3v) is 4.95. The number of likely N-dealkylation sites (N-methyl/N-ethyl adjacent to an activating group) is 1. The van der Waals surface area contributed by atoms with Crippen molar-refractivity contribution in [3.8, 4) is 5.75 Å². The molecule has 0 bridgehead atoms. The number of para-hydroxylation sites is 3. The molecule has 0 N–H and O–H groups in total. The predicted octanol–water partition coefficient (Wildman–Crippen LogP) is 2.64. The largest absolute Gasteiger partial charge is 0.495 e. The average Bonchev–Trinajstić information content (AvgIpc) is 3.14. The molecule has 2 atom stereocenters. The van der Waals surface area contributed by atoms with E-state index < -0.39 is 18.0 Å². The van der Waals surface area contributed by atoms with Crippen molar-refractivity contribution in [3.63, 3.8) is 0 Å². The number of anilines is 2. The van der Waals surface area contributed by atoms with Crippen LogP contribution in [0.4, 0.5) is 11.4 Å². The molecular weight excluding hydrogens is 372 g/mol. The lowest BCUT2D eigenvalue weighted by molar-refractivity contribution is -0.157. The summed E-state index contributed by atoms with van der Waals surface area (Å²) in [6, 6.07) is 16.2. The van der Waals surface area contributed by atoms with Crippen molar-refractivity contribution in [2.45, 2.75) is 19.4 Å². The minimum absolute atomic E-state index is 0.0340. The third kappa shape index (κ3) is 4.39. The molecule has 1 aliphatic heterocycles. The first-order valence-corrected chi connectivity index (χ1v) is 9.39. The second-order valence-electron chi connectivity index (χ2n) is 6.89. The second-order valence-corrected chi connectivity index (χ2v) is 6.89. The van der Waals surface area contributed by atoms with Crippen LogP contribution in [0.15, 0.2) is 54.6 Å². The summed E-state index contributed by atoms with van der Waals surface area (Å²) in [5.74, 6) is -1.15. The first-order valence-electron chi connectivity index (χ1n) is 9.39. The van der Waals surface area contributed by atoms with Crippen LogP contribution in [0.2, 0.25) is 0 Å². The first kappa shape index (κ1) is 20.4. The molecule has 2 aromatic rings. The van der Waals surface area contributed by atoms with Crippen LogP contribution in [0.5, 0.6) is 5.75 Å². The van der Waals surface area contributed by atoms with Gasteiger partial charge in [0.25, 0.3) is 5.91 Å². The molecule has 7 nitrogen and oxygen atoms in total. The van der Waals surface area contributed by atoms with Gasteiger partial charge in [-0.25, -0.2) is 0 Å². The number of hydrogen-bond acceptors (Lipinski definition) is 5. The summed E-state index contributed by atoms with van der Waals surface area (Å²) in [6.45, 7) is 1.72. The molecule has 0 aromatic heterocycles. The zero-order valence-electron chi connectivity index (χ0n) is 16.7. The maximum absolute atomic E-state index is 12.6. The Kier molecular flexibility index (Phi) is 6.16. The number of hydrogen-bond donors (Lipinski definition) is 0. The Morgan fingerprint density at radius 3 is 2.45 bits per heavy atom. The van der Waals surface area contributed by atoms with Crippen LogP contribution in [0, 0.1) is 5.92 Å². The van der Waals surface area contributed by atoms with Crippen LogP contribution in [0.1, 0.15) is 13.3 Å². The molecule has 152 valence electrons. The standard InChI is InChI=1S/C22H24N2O5/c1-15(21(26)23(2)17-9-5-4-6-10-17)29-22(27)16-13-20(25)24(14-16)18-11-7-8-12-19(18)28-3/h4-12,15-16H,13-14H2,1-3H3/t15-,16-/m0/s1. The van der Waals surface area contributed by atoms with Crippen LogP contribution in [-0.2, 0) is 19.1 Å². The van der Waals surface area contributed by atoms with Gasteiger partial charge in [-0.3, -0.25) is 14.4 Å². The zero-order chi connectivity index (χ0) is 21.0. The number of ether oxygens (including phenoxy) is 2. The van der Waals surface area contributed by atoms with Gasteiger partial charge in [-0.05, 0) is 31.2 Å². The fraction of sp³-hybridized carbons (Fsp3) is 0.318. The quantitative estimate of drug-likeness (QED) is 0.702. The normalized spacial score (nSPS) is 17.0. The lowest BCUT2D eigenvalue weighted by atomic mass is 10.1. The summed E-state index contributed by atoms with van der Waals surface area (Å²) in [6.07, 6.45) is -0.921. The van der Waals surface area contributed by atoms with Gasteiger partial charge in [0.2, 0.25) is 5.91 Å². The third-order valence-electron chi connectivity index (χ3n) is 4.95. The second kappa shape index (κ2) is 8.77. The Bertz CT molecular complexity index is 899. The van der Waals surface area contributed by atoms with Gasteiger partial charge in [0.1, 0.15) is 5.75 Å². The van der Waals surface area contributed by atoms with Crippen LogP contribution < -0.4 is 14.5 Å². The Morgan fingerprint density at radius 2 is 1.76 bits per heavy atom. The van der Waals surface area contributed by atoms with Crippen molar-refractivity contribution in [2.24, 2.45) is 5.92 Å². The monoisotopic (exact) mass is 396 g/mol. The Morgan fingerprint density at radius 1 is 1.10 bits per heavy atom. The molecule has 0 aliphatic carbocycles. The van der Waals surface area contributed by atoms with Gasteiger partial charge in [0.15, 0.2) is 6.10 Å². The van der Waals surface area contributed by atoms with Crippen LogP contribution in [0.25, 0.3) is 0 Å². The first-order chi connectivity index (χ1) is 13.9. The Labute approximate surface area is 169 Å². The van der Waals surface area contributed by atoms with E-state index in [1.54, 1.807) is 37.4 Å². The van der Waals surface area contributed by atoms with E-state index in [2.05, 4.69) is 0 Å². The van der Waals surface area contributed by atoms with Crippen LogP contribution in [0.3, 0.4) is 0 Å². The van der Waals surface area contributed by atoms with Crippen molar-refractivity contribution in [1.29, 1.82) is 0 Å². The van der Waals surface area contributed by atoms with Gasteiger partial charge >= 0.3 is 5.97 Å². The minimum atomic E-state index is -0.955. The highest BCUT2D eigenvalue weighted by Gasteiger charge is 2.38. The lowest BCUT2D eigenvalue weighted by Crippen LogP contribution is -2.38. The number of carbonyl (C=O) groups excluding carboxylic acids is 3. The van der Waals surface area contributed by atoms with E-state index in [1.165, 1.54) is 23.8 Å². The number of esters is 1.